The molecule has 0 aliphatic rings. The average molecular weight is 194 g/mol. The van der Waals surface area contributed by atoms with Crippen molar-refractivity contribution in [3.8, 4) is 0 Å². The maximum Gasteiger partial charge on any atom is 0.0603 e. The Morgan fingerprint density at radius 2 is 2.00 bits per heavy atom. The van der Waals surface area contributed by atoms with E-state index in [-0.39, 0.29) is 10.7 Å². The van der Waals surface area contributed by atoms with E-state index in [9.17, 15) is 0 Å². The largest absolute Gasteiger partial charge is 0.396 e. The smallest absolute Gasteiger partial charge is 0.0603 e. The predicted molar refractivity (Wildman–Crippen MR) is 56.5 cm³/mol. The molecule has 0 aliphatic heterocycles. The molecule has 0 aromatic rings. The average Bonchev–Trinajstić information content (AvgIpc) is 1.88. The van der Waals surface area contributed by atoms with Crippen molar-refractivity contribution in [1.82, 2.24) is 0 Å². The first-order valence-corrected chi connectivity index (χ1v) is 5.59. The molecule has 1 N–H and O–H groups in total. The Morgan fingerprint density at radius 1 is 1.36 bits per heavy atom. The summed E-state index contributed by atoms with van der Waals surface area (Å²) in [6.45, 7) is 4.53. The molecule has 0 heterocycles. The van der Waals surface area contributed by atoms with Crippen molar-refractivity contribution in [3.05, 3.63) is 0 Å². The first-order valence-electron chi connectivity index (χ1n) is 4.15. The zero-order chi connectivity index (χ0) is 8.74. The van der Waals surface area contributed by atoms with E-state index in [0.29, 0.717) is 0 Å². The molecule has 68 valence electrons. The summed E-state index contributed by atoms with van der Waals surface area (Å²) in [6, 6.07) is 0. The second-order valence-corrected chi connectivity index (χ2v) is 5.41. The van der Waals surface area contributed by atoms with Gasteiger partial charge in [-0.15, -0.1) is 11.8 Å². The Morgan fingerprint density at radius 3 is 2.36 bits per heavy atom. The van der Waals surface area contributed by atoms with E-state index in [1.807, 2.05) is 11.8 Å². The van der Waals surface area contributed by atoms with Crippen molar-refractivity contribution < 1.29 is 5.11 Å². The highest BCUT2D eigenvalue weighted by molar-refractivity contribution is 8.11. The summed E-state index contributed by atoms with van der Waals surface area (Å²) in [5, 5.41) is 8.79. The molecule has 0 rings (SSSR count). The molecule has 0 amide bonds. The summed E-state index contributed by atoms with van der Waals surface area (Å²) in [6.07, 6.45) is 3.01. The third-order valence-electron chi connectivity index (χ3n) is 1.56. The highest BCUT2D eigenvalue weighted by Crippen LogP contribution is 2.37. The van der Waals surface area contributed by atoms with Crippen LogP contribution in [0.25, 0.3) is 0 Å². The van der Waals surface area contributed by atoms with Gasteiger partial charge in [-0.25, -0.2) is 0 Å². The molecule has 1 atom stereocenters. The molecule has 0 bridgehead atoms. The molecule has 0 saturated heterocycles. The van der Waals surface area contributed by atoms with Gasteiger partial charge in [-0.2, -0.15) is 12.6 Å². The van der Waals surface area contributed by atoms with Gasteiger partial charge >= 0.3 is 0 Å². The molecule has 0 aromatic heterocycles. The lowest BCUT2D eigenvalue weighted by Crippen LogP contribution is -2.18. The van der Waals surface area contributed by atoms with Crippen LogP contribution in [0.5, 0.6) is 0 Å². The lowest BCUT2D eigenvalue weighted by atomic mass is 10.2. The number of aliphatic hydroxyl groups is 1. The lowest BCUT2D eigenvalue weighted by Gasteiger charge is -2.26. The van der Waals surface area contributed by atoms with Gasteiger partial charge in [-0.3, -0.25) is 0 Å². The Labute approximate surface area is 79.4 Å². The molecular formula is C8H18OS2. The molecule has 0 radical (unpaired) electrons. The van der Waals surface area contributed by atoms with Gasteiger partial charge in [-0.1, -0.05) is 20.3 Å². The van der Waals surface area contributed by atoms with Crippen molar-refractivity contribution in [2.24, 2.45) is 0 Å². The number of thiol groups is 1. The van der Waals surface area contributed by atoms with Gasteiger partial charge in [0.15, 0.2) is 0 Å². The highest BCUT2D eigenvalue weighted by atomic mass is 32.2. The van der Waals surface area contributed by atoms with Gasteiger partial charge in [0.1, 0.15) is 0 Å². The Balaban J connectivity index is 3.79. The van der Waals surface area contributed by atoms with E-state index >= 15 is 0 Å². The van der Waals surface area contributed by atoms with Crippen LogP contribution in [-0.2, 0) is 0 Å². The molecule has 3 heteroatoms. The first-order chi connectivity index (χ1) is 5.18. The third kappa shape index (κ3) is 4.99. The number of thioether (sulfide) groups is 1. The van der Waals surface area contributed by atoms with Crippen LogP contribution in [-0.4, -0.2) is 21.5 Å². The molecule has 0 fully saturated rings. The monoisotopic (exact) mass is 194 g/mol. The minimum atomic E-state index is 0.0122. The minimum Gasteiger partial charge on any atom is -0.396 e. The van der Waals surface area contributed by atoms with E-state index in [1.165, 1.54) is 0 Å². The number of aliphatic hydroxyl groups excluding tert-OH is 1. The van der Waals surface area contributed by atoms with E-state index in [0.717, 1.165) is 25.0 Å². The van der Waals surface area contributed by atoms with Crippen LogP contribution in [0.15, 0.2) is 0 Å². The Bertz CT molecular complexity index is 79.1. The molecular weight excluding hydrogens is 176 g/mol. The van der Waals surface area contributed by atoms with Crippen molar-refractivity contribution in [1.29, 1.82) is 0 Å². The van der Waals surface area contributed by atoms with Crippen LogP contribution in [0, 0.1) is 0 Å². The van der Waals surface area contributed by atoms with E-state index in [4.69, 9.17) is 5.11 Å². The van der Waals surface area contributed by atoms with Crippen molar-refractivity contribution in [2.45, 2.75) is 37.2 Å². The summed E-state index contributed by atoms with van der Waals surface area (Å²) in [4.78, 5) is 0. The van der Waals surface area contributed by atoms with Gasteiger partial charge in [0.2, 0.25) is 0 Å². The fourth-order valence-electron chi connectivity index (χ4n) is 1.10. The van der Waals surface area contributed by atoms with E-state index in [1.54, 1.807) is 0 Å². The third-order valence-corrected chi connectivity index (χ3v) is 3.62. The van der Waals surface area contributed by atoms with Gasteiger partial charge in [0, 0.05) is 6.61 Å². The molecule has 11 heavy (non-hydrogen) atoms. The second-order valence-electron chi connectivity index (χ2n) is 2.60. The van der Waals surface area contributed by atoms with Crippen molar-refractivity contribution >= 4 is 24.4 Å². The maximum atomic E-state index is 8.79. The molecule has 0 saturated carbocycles. The predicted octanol–water partition coefficient (Wildman–Crippen LogP) is 2.55. The molecule has 0 aromatic carbocycles. The molecule has 0 spiro atoms. The van der Waals surface area contributed by atoms with Crippen LogP contribution in [0.1, 0.15) is 33.1 Å². The first kappa shape index (κ1) is 11.7. The normalized spacial score (nSPS) is 16.4. The van der Waals surface area contributed by atoms with Crippen LogP contribution >= 0.6 is 24.4 Å². The van der Waals surface area contributed by atoms with Gasteiger partial charge < -0.3 is 5.11 Å². The van der Waals surface area contributed by atoms with E-state index in [2.05, 4.69) is 26.5 Å². The summed E-state index contributed by atoms with van der Waals surface area (Å²) in [5.74, 6) is 1.07. The summed E-state index contributed by atoms with van der Waals surface area (Å²) in [7, 11) is 0. The van der Waals surface area contributed by atoms with Crippen LogP contribution in [0.2, 0.25) is 0 Å². The summed E-state index contributed by atoms with van der Waals surface area (Å²) >= 11 is 6.39. The maximum absolute atomic E-state index is 8.79. The number of hydrogen-bond donors (Lipinski definition) is 2. The fourth-order valence-corrected chi connectivity index (χ4v) is 2.94. The lowest BCUT2D eigenvalue weighted by molar-refractivity contribution is 0.281. The molecule has 1 nitrogen and oxygen atoms in total. The fraction of sp³-hybridized carbons (Fsp3) is 1.00. The Hall–Kier alpha value is 0.660. The topological polar surface area (TPSA) is 20.2 Å². The number of hydrogen-bond acceptors (Lipinski definition) is 3. The highest BCUT2D eigenvalue weighted by Gasteiger charge is 2.22. The standard InChI is InChI=1S/C8H18OS2/c1-3-5-8(10,6-7-9)11-4-2/h9-10H,3-7H2,1-2H3. The second kappa shape index (κ2) is 6.21. The minimum absolute atomic E-state index is 0.0122. The molecule has 0 aliphatic carbocycles. The zero-order valence-corrected chi connectivity index (χ0v) is 9.05. The van der Waals surface area contributed by atoms with Crippen LogP contribution in [0.4, 0.5) is 0 Å². The van der Waals surface area contributed by atoms with E-state index < -0.39 is 0 Å². The van der Waals surface area contributed by atoms with Crippen molar-refractivity contribution in [3.63, 3.8) is 0 Å². The van der Waals surface area contributed by atoms with Crippen LogP contribution < -0.4 is 0 Å². The van der Waals surface area contributed by atoms with Gasteiger partial charge in [-0.05, 0) is 18.6 Å². The SMILES string of the molecule is CCCC(S)(CCO)SCC. The molecule has 1 unspecified atom stereocenters. The quantitative estimate of drug-likeness (QED) is 0.500. The summed E-state index contributed by atoms with van der Waals surface area (Å²) in [5.41, 5.74) is 0. The Kier molecular flexibility index (Phi) is 6.58. The van der Waals surface area contributed by atoms with Crippen molar-refractivity contribution in [2.75, 3.05) is 12.4 Å². The zero-order valence-electron chi connectivity index (χ0n) is 7.34. The van der Waals surface area contributed by atoms with Gasteiger partial charge in [0.05, 0.1) is 4.08 Å². The number of rotatable bonds is 6. The van der Waals surface area contributed by atoms with Gasteiger partial charge in [0.25, 0.3) is 0 Å². The van der Waals surface area contributed by atoms with Crippen LogP contribution in [0.3, 0.4) is 0 Å². The summed E-state index contributed by atoms with van der Waals surface area (Å²) < 4.78 is 0.0122.